The molecule has 1 saturated carbocycles. The molecule has 1 heterocycles. The van der Waals surface area contributed by atoms with Gasteiger partial charge >= 0.3 is 0 Å². The Hall–Kier alpha value is -1.79. The largest absolute Gasteiger partial charge is 0.497 e. The van der Waals surface area contributed by atoms with Crippen LogP contribution in [0.3, 0.4) is 0 Å². The first-order valence-corrected chi connectivity index (χ1v) is 9.98. The highest BCUT2D eigenvalue weighted by molar-refractivity contribution is 5.83. The summed E-state index contributed by atoms with van der Waals surface area (Å²) >= 11 is 0. The van der Waals surface area contributed by atoms with E-state index in [1.54, 1.807) is 14.2 Å². The zero-order chi connectivity index (χ0) is 19.1. The van der Waals surface area contributed by atoms with Gasteiger partial charge in [0.1, 0.15) is 11.5 Å². The van der Waals surface area contributed by atoms with Gasteiger partial charge in [0.05, 0.1) is 25.2 Å². The van der Waals surface area contributed by atoms with Crippen LogP contribution in [0.15, 0.2) is 18.2 Å². The summed E-state index contributed by atoms with van der Waals surface area (Å²) in [5.41, 5.74) is 0.538. The van der Waals surface area contributed by atoms with Gasteiger partial charge in [0.15, 0.2) is 0 Å². The first kappa shape index (κ1) is 20.0. The van der Waals surface area contributed by atoms with Crippen LogP contribution < -0.4 is 20.1 Å². The van der Waals surface area contributed by atoms with Crippen molar-refractivity contribution < 1.29 is 19.0 Å². The van der Waals surface area contributed by atoms with E-state index in [4.69, 9.17) is 14.2 Å². The molecule has 6 heteroatoms. The van der Waals surface area contributed by atoms with E-state index in [9.17, 15) is 4.79 Å². The smallest absolute Gasteiger partial charge is 0.228 e. The molecule has 1 aliphatic carbocycles. The topological polar surface area (TPSA) is 68.8 Å². The highest BCUT2D eigenvalue weighted by Crippen LogP contribution is 2.32. The first-order valence-electron chi connectivity index (χ1n) is 9.98. The van der Waals surface area contributed by atoms with Gasteiger partial charge in [-0.25, -0.2) is 0 Å². The Labute approximate surface area is 161 Å². The predicted octanol–water partition coefficient (Wildman–Crippen LogP) is 2.65. The summed E-state index contributed by atoms with van der Waals surface area (Å²) in [6.07, 6.45) is 6.46. The molecular formula is C21H32N2O4. The molecule has 27 heavy (non-hydrogen) atoms. The number of ether oxygens (including phenoxy) is 3. The molecular weight excluding hydrogens is 344 g/mol. The molecule has 0 bridgehead atoms. The second-order valence-electron chi connectivity index (χ2n) is 7.64. The Morgan fingerprint density at radius 1 is 1.22 bits per heavy atom. The molecule has 3 rings (SSSR count). The van der Waals surface area contributed by atoms with Gasteiger partial charge in [-0.3, -0.25) is 4.79 Å². The number of benzene rings is 1. The molecule has 0 aromatic heterocycles. The summed E-state index contributed by atoms with van der Waals surface area (Å²) in [4.78, 5) is 13.0. The van der Waals surface area contributed by atoms with Gasteiger partial charge in [-0.2, -0.15) is 0 Å². The van der Waals surface area contributed by atoms with E-state index < -0.39 is 5.41 Å². The number of amides is 1. The zero-order valence-electron chi connectivity index (χ0n) is 16.5. The van der Waals surface area contributed by atoms with Crippen molar-refractivity contribution >= 4 is 5.91 Å². The fourth-order valence-corrected chi connectivity index (χ4v) is 4.08. The standard InChI is InChI=1S/C21H32N2O4/c1-25-15-21(9-11-22-12-10-21)20(24)23-14-16-7-8-18(26-2)13-19(16)27-17-5-3-4-6-17/h7-8,13,17,22H,3-6,9-12,14-15H2,1-2H3,(H,23,24). The van der Waals surface area contributed by atoms with Gasteiger partial charge in [0, 0.05) is 25.3 Å². The lowest BCUT2D eigenvalue weighted by molar-refractivity contribution is -0.136. The summed E-state index contributed by atoms with van der Waals surface area (Å²) in [5, 5.41) is 6.45. The van der Waals surface area contributed by atoms with Crippen molar-refractivity contribution in [1.82, 2.24) is 10.6 Å². The van der Waals surface area contributed by atoms with Crippen LogP contribution in [0.2, 0.25) is 0 Å². The fourth-order valence-electron chi connectivity index (χ4n) is 4.08. The lowest BCUT2D eigenvalue weighted by Gasteiger charge is -2.35. The molecule has 1 saturated heterocycles. The van der Waals surface area contributed by atoms with Crippen LogP contribution in [0.5, 0.6) is 11.5 Å². The molecule has 150 valence electrons. The number of carbonyl (C=O) groups is 1. The van der Waals surface area contributed by atoms with Crippen molar-refractivity contribution in [3.63, 3.8) is 0 Å². The lowest BCUT2D eigenvalue weighted by Crippen LogP contribution is -2.50. The Morgan fingerprint density at radius 3 is 2.63 bits per heavy atom. The van der Waals surface area contributed by atoms with Gasteiger partial charge < -0.3 is 24.8 Å². The molecule has 0 radical (unpaired) electrons. The highest BCUT2D eigenvalue weighted by Gasteiger charge is 2.39. The SMILES string of the molecule is COCC1(C(=O)NCc2ccc(OC)cc2OC2CCCC2)CCNCC1. The number of methoxy groups -OCH3 is 2. The van der Waals surface area contributed by atoms with Crippen LogP contribution in [0.4, 0.5) is 0 Å². The molecule has 0 atom stereocenters. The number of rotatable bonds is 8. The molecule has 1 aliphatic heterocycles. The van der Waals surface area contributed by atoms with E-state index >= 15 is 0 Å². The van der Waals surface area contributed by atoms with Gasteiger partial charge in [0.2, 0.25) is 5.91 Å². The lowest BCUT2D eigenvalue weighted by atomic mass is 9.78. The van der Waals surface area contributed by atoms with E-state index in [0.29, 0.717) is 13.2 Å². The molecule has 0 unspecified atom stereocenters. The van der Waals surface area contributed by atoms with Crippen molar-refractivity contribution in [2.45, 2.75) is 51.2 Å². The fraction of sp³-hybridized carbons (Fsp3) is 0.667. The third kappa shape index (κ3) is 4.93. The summed E-state index contributed by atoms with van der Waals surface area (Å²) in [7, 11) is 3.32. The van der Waals surface area contributed by atoms with Crippen LogP contribution in [-0.2, 0) is 16.1 Å². The highest BCUT2D eigenvalue weighted by atomic mass is 16.5. The third-order valence-corrected chi connectivity index (χ3v) is 5.77. The van der Waals surface area contributed by atoms with Crippen LogP contribution in [-0.4, -0.2) is 45.9 Å². The molecule has 1 amide bonds. The monoisotopic (exact) mass is 376 g/mol. The Balaban J connectivity index is 1.69. The van der Waals surface area contributed by atoms with Crippen molar-refractivity contribution in [2.75, 3.05) is 33.9 Å². The Kier molecular flexibility index (Phi) is 6.96. The number of nitrogens with one attached hydrogen (secondary N) is 2. The van der Waals surface area contributed by atoms with Crippen LogP contribution in [0.25, 0.3) is 0 Å². The summed E-state index contributed by atoms with van der Waals surface area (Å²) in [6.45, 7) is 2.59. The van der Waals surface area contributed by atoms with E-state index in [0.717, 1.165) is 55.8 Å². The van der Waals surface area contributed by atoms with Crippen LogP contribution in [0.1, 0.15) is 44.1 Å². The first-order chi connectivity index (χ1) is 13.2. The minimum Gasteiger partial charge on any atom is -0.497 e. The summed E-state index contributed by atoms with van der Waals surface area (Å²) in [6, 6.07) is 5.82. The minimum absolute atomic E-state index is 0.0634. The minimum atomic E-state index is -0.445. The van der Waals surface area contributed by atoms with Gasteiger partial charge in [0.25, 0.3) is 0 Å². The predicted molar refractivity (Wildman–Crippen MR) is 104 cm³/mol. The van der Waals surface area contributed by atoms with Gasteiger partial charge in [-0.15, -0.1) is 0 Å². The second kappa shape index (κ2) is 9.42. The van der Waals surface area contributed by atoms with E-state index in [2.05, 4.69) is 10.6 Å². The zero-order valence-corrected chi connectivity index (χ0v) is 16.5. The van der Waals surface area contributed by atoms with Crippen molar-refractivity contribution in [1.29, 1.82) is 0 Å². The number of carbonyl (C=O) groups excluding carboxylic acids is 1. The molecule has 1 aromatic carbocycles. The molecule has 0 spiro atoms. The molecule has 1 aromatic rings. The van der Waals surface area contributed by atoms with Crippen LogP contribution in [0, 0.1) is 5.41 Å². The molecule has 2 aliphatic rings. The van der Waals surface area contributed by atoms with E-state index in [-0.39, 0.29) is 12.0 Å². The number of hydrogen-bond acceptors (Lipinski definition) is 5. The van der Waals surface area contributed by atoms with Gasteiger partial charge in [-0.05, 0) is 63.7 Å². The van der Waals surface area contributed by atoms with Crippen LogP contribution >= 0.6 is 0 Å². The van der Waals surface area contributed by atoms with Crippen molar-refractivity contribution in [3.05, 3.63) is 23.8 Å². The normalized spacial score (nSPS) is 19.6. The average molecular weight is 376 g/mol. The Morgan fingerprint density at radius 2 is 1.96 bits per heavy atom. The maximum atomic E-state index is 13.0. The maximum Gasteiger partial charge on any atom is 0.228 e. The second-order valence-corrected chi connectivity index (χ2v) is 7.64. The third-order valence-electron chi connectivity index (χ3n) is 5.77. The quantitative estimate of drug-likeness (QED) is 0.730. The van der Waals surface area contributed by atoms with Crippen molar-refractivity contribution in [2.24, 2.45) is 5.41 Å². The average Bonchev–Trinajstić information content (AvgIpc) is 3.20. The van der Waals surface area contributed by atoms with E-state index in [1.807, 2.05) is 18.2 Å². The van der Waals surface area contributed by atoms with E-state index in [1.165, 1.54) is 12.8 Å². The molecule has 2 fully saturated rings. The number of hydrogen-bond donors (Lipinski definition) is 2. The van der Waals surface area contributed by atoms with Crippen molar-refractivity contribution in [3.8, 4) is 11.5 Å². The summed E-state index contributed by atoms with van der Waals surface area (Å²) < 4.78 is 17.0. The maximum absolute atomic E-state index is 13.0. The van der Waals surface area contributed by atoms with Gasteiger partial charge in [-0.1, -0.05) is 0 Å². The number of piperidine rings is 1. The molecule has 6 nitrogen and oxygen atoms in total. The summed E-state index contributed by atoms with van der Waals surface area (Å²) in [5.74, 6) is 1.65. The molecule has 2 N–H and O–H groups in total. The Bertz CT molecular complexity index is 617.